The molecule has 0 bridgehead atoms. The third-order valence-corrected chi connectivity index (χ3v) is 3.74. The van der Waals surface area contributed by atoms with Gasteiger partial charge in [0.25, 0.3) is 0 Å². The van der Waals surface area contributed by atoms with E-state index < -0.39 is 0 Å². The number of nitrogens with zero attached hydrogens (tertiary/aromatic N) is 3. The number of carbonyl (C=O) groups excluding carboxylic acids is 1. The molecule has 1 saturated heterocycles. The summed E-state index contributed by atoms with van der Waals surface area (Å²) in [6.45, 7) is 0.645. The molecule has 6 heteroatoms. The lowest BCUT2D eigenvalue weighted by Gasteiger charge is -2.18. The fourth-order valence-corrected chi connectivity index (χ4v) is 2.54. The molecule has 0 spiro atoms. The maximum Gasteiger partial charge on any atom is 0.419 e. The molecule has 19 heavy (non-hydrogen) atoms. The summed E-state index contributed by atoms with van der Waals surface area (Å²) in [4.78, 5) is 26.7. The number of aryl methyl sites for hydroxylation is 1. The number of carbonyl (C=O) groups is 1. The zero-order valence-electron chi connectivity index (χ0n) is 11.1. The maximum absolute atomic E-state index is 11.8. The van der Waals surface area contributed by atoms with Crippen LogP contribution in [0, 0.1) is 0 Å². The van der Waals surface area contributed by atoms with Crippen molar-refractivity contribution in [1.82, 2.24) is 14.4 Å². The van der Waals surface area contributed by atoms with Crippen LogP contribution in [0.15, 0.2) is 27.4 Å². The molecule has 0 saturated carbocycles. The normalized spacial score (nSPS) is 19.7. The van der Waals surface area contributed by atoms with Gasteiger partial charge in [0.15, 0.2) is 5.58 Å². The summed E-state index contributed by atoms with van der Waals surface area (Å²) >= 11 is 0. The van der Waals surface area contributed by atoms with Gasteiger partial charge in [0.05, 0.1) is 11.6 Å². The van der Waals surface area contributed by atoms with Crippen LogP contribution >= 0.6 is 0 Å². The van der Waals surface area contributed by atoms with E-state index in [1.54, 1.807) is 37.0 Å². The highest BCUT2D eigenvalue weighted by molar-refractivity contribution is 5.78. The van der Waals surface area contributed by atoms with Crippen LogP contribution in [0.4, 0.5) is 4.79 Å². The standard InChI is InChI=1S/C13H15N3O3/c1-14-7-10(15(2)12(14)17)8-4-5-11-9(6-8)16(3)13(18)19-11/h4-6,10H,7H2,1-3H3. The van der Waals surface area contributed by atoms with E-state index in [1.165, 1.54) is 4.57 Å². The summed E-state index contributed by atoms with van der Waals surface area (Å²) in [5, 5.41) is 0. The van der Waals surface area contributed by atoms with Crippen LogP contribution in [0.1, 0.15) is 11.6 Å². The summed E-state index contributed by atoms with van der Waals surface area (Å²) in [5.74, 6) is -0.375. The molecule has 1 aliphatic rings. The van der Waals surface area contributed by atoms with E-state index in [4.69, 9.17) is 4.42 Å². The van der Waals surface area contributed by atoms with Gasteiger partial charge in [-0.15, -0.1) is 0 Å². The minimum Gasteiger partial charge on any atom is -0.408 e. The Bertz CT molecular complexity index is 715. The molecule has 1 unspecified atom stereocenters. The van der Waals surface area contributed by atoms with Crippen molar-refractivity contribution in [2.45, 2.75) is 6.04 Å². The van der Waals surface area contributed by atoms with Gasteiger partial charge < -0.3 is 14.2 Å². The van der Waals surface area contributed by atoms with Crippen LogP contribution in [-0.2, 0) is 7.05 Å². The zero-order valence-corrected chi connectivity index (χ0v) is 11.1. The molecule has 6 nitrogen and oxygen atoms in total. The van der Waals surface area contributed by atoms with E-state index in [-0.39, 0.29) is 17.8 Å². The third-order valence-electron chi connectivity index (χ3n) is 3.74. The predicted octanol–water partition coefficient (Wildman–Crippen LogP) is 1.17. The SMILES string of the molecule is CN1CC(c2ccc3oc(=O)n(C)c3c2)N(C)C1=O. The van der Waals surface area contributed by atoms with Crippen molar-refractivity contribution in [1.29, 1.82) is 0 Å². The Labute approximate surface area is 109 Å². The number of likely N-dealkylation sites (N-methyl/N-ethyl adjacent to an activating group) is 2. The number of amides is 2. The van der Waals surface area contributed by atoms with Crippen molar-refractivity contribution >= 4 is 17.1 Å². The Morgan fingerprint density at radius 2 is 1.95 bits per heavy atom. The lowest BCUT2D eigenvalue weighted by atomic mass is 10.1. The predicted molar refractivity (Wildman–Crippen MR) is 70.0 cm³/mol. The Balaban J connectivity index is 2.09. The van der Waals surface area contributed by atoms with E-state index in [9.17, 15) is 9.59 Å². The number of urea groups is 1. The minimum absolute atomic E-state index is 0.00572. The largest absolute Gasteiger partial charge is 0.419 e. The first-order valence-corrected chi connectivity index (χ1v) is 6.06. The molecule has 2 aromatic rings. The Morgan fingerprint density at radius 1 is 1.21 bits per heavy atom. The average Bonchev–Trinajstić information content (AvgIpc) is 2.82. The summed E-state index contributed by atoms with van der Waals surface area (Å²) < 4.78 is 6.57. The number of hydrogen-bond donors (Lipinski definition) is 0. The quantitative estimate of drug-likeness (QED) is 0.774. The average molecular weight is 261 g/mol. The summed E-state index contributed by atoms with van der Waals surface area (Å²) in [7, 11) is 5.24. The molecule has 100 valence electrons. The second kappa shape index (κ2) is 3.88. The van der Waals surface area contributed by atoms with Crippen molar-refractivity contribution in [3.8, 4) is 0 Å². The Morgan fingerprint density at radius 3 is 2.58 bits per heavy atom. The van der Waals surface area contributed by atoms with Gasteiger partial charge in [0, 0.05) is 27.7 Å². The number of aromatic nitrogens is 1. The van der Waals surface area contributed by atoms with Crippen LogP contribution in [0.25, 0.3) is 11.1 Å². The molecule has 1 aromatic carbocycles. The van der Waals surface area contributed by atoms with Crippen molar-refractivity contribution in [2.24, 2.45) is 7.05 Å². The smallest absolute Gasteiger partial charge is 0.408 e. The molecule has 0 aliphatic carbocycles. The first-order chi connectivity index (χ1) is 8.99. The highest BCUT2D eigenvalue weighted by Crippen LogP contribution is 2.28. The van der Waals surface area contributed by atoms with Gasteiger partial charge in [-0.25, -0.2) is 9.59 Å². The van der Waals surface area contributed by atoms with Crippen molar-refractivity contribution in [3.63, 3.8) is 0 Å². The second-order valence-corrected chi connectivity index (χ2v) is 4.94. The van der Waals surface area contributed by atoms with Gasteiger partial charge in [0.1, 0.15) is 0 Å². The maximum atomic E-state index is 11.8. The highest BCUT2D eigenvalue weighted by Gasteiger charge is 2.33. The number of rotatable bonds is 1. The molecule has 0 N–H and O–H groups in total. The monoisotopic (exact) mass is 261 g/mol. The molecular formula is C13H15N3O3. The van der Waals surface area contributed by atoms with E-state index in [1.807, 2.05) is 12.1 Å². The first kappa shape index (κ1) is 11.8. The van der Waals surface area contributed by atoms with Gasteiger partial charge >= 0.3 is 11.8 Å². The van der Waals surface area contributed by atoms with E-state index in [0.717, 1.165) is 11.1 Å². The van der Waals surface area contributed by atoms with Crippen molar-refractivity contribution < 1.29 is 9.21 Å². The molecule has 1 aromatic heterocycles. The fraction of sp³-hybridized carbons (Fsp3) is 0.385. The molecule has 1 aliphatic heterocycles. The topological polar surface area (TPSA) is 58.7 Å². The van der Waals surface area contributed by atoms with E-state index in [0.29, 0.717) is 12.1 Å². The minimum atomic E-state index is -0.375. The van der Waals surface area contributed by atoms with Gasteiger partial charge in [-0.2, -0.15) is 0 Å². The third kappa shape index (κ3) is 1.63. The summed E-state index contributed by atoms with van der Waals surface area (Å²) in [6.07, 6.45) is 0. The molecule has 1 fully saturated rings. The van der Waals surface area contributed by atoms with Crippen molar-refractivity contribution in [3.05, 3.63) is 34.3 Å². The molecule has 2 heterocycles. The number of benzene rings is 1. The first-order valence-electron chi connectivity index (χ1n) is 6.06. The Hall–Kier alpha value is -2.24. The second-order valence-electron chi connectivity index (χ2n) is 4.94. The number of oxazole rings is 1. The van der Waals surface area contributed by atoms with Crippen LogP contribution < -0.4 is 5.76 Å². The van der Waals surface area contributed by atoms with Gasteiger partial charge in [-0.05, 0) is 17.7 Å². The zero-order chi connectivity index (χ0) is 13.7. The molecular weight excluding hydrogens is 246 g/mol. The molecule has 1 atom stereocenters. The van der Waals surface area contributed by atoms with Crippen LogP contribution in [0.5, 0.6) is 0 Å². The fourth-order valence-electron chi connectivity index (χ4n) is 2.54. The highest BCUT2D eigenvalue weighted by atomic mass is 16.4. The molecule has 3 rings (SSSR count). The summed E-state index contributed by atoms with van der Waals surface area (Å²) in [6, 6.07) is 5.60. The van der Waals surface area contributed by atoms with Crippen LogP contribution in [-0.4, -0.2) is 41.0 Å². The van der Waals surface area contributed by atoms with Gasteiger partial charge in [-0.1, -0.05) is 6.07 Å². The summed E-state index contributed by atoms with van der Waals surface area (Å²) in [5.41, 5.74) is 2.32. The van der Waals surface area contributed by atoms with Gasteiger partial charge in [-0.3, -0.25) is 4.57 Å². The van der Waals surface area contributed by atoms with E-state index in [2.05, 4.69) is 0 Å². The van der Waals surface area contributed by atoms with Gasteiger partial charge in [0.2, 0.25) is 0 Å². The number of fused-ring (bicyclic) bond motifs is 1. The van der Waals surface area contributed by atoms with E-state index >= 15 is 0 Å². The lowest BCUT2D eigenvalue weighted by molar-refractivity contribution is 0.201. The van der Waals surface area contributed by atoms with Crippen LogP contribution in [0.2, 0.25) is 0 Å². The Kier molecular flexibility index (Phi) is 2.41. The number of hydrogen-bond acceptors (Lipinski definition) is 3. The van der Waals surface area contributed by atoms with Crippen molar-refractivity contribution in [2.75, 3.05) is 20.6 Å². The van der Waals surface area contributed by atoms with Crippen LogP contribution in [0.3, 0.4) is 0 Å². The lowest BCUT2D eigenvalue weighted by Crippen LogP contribution is -2.26. The molecule has 0 radical (unpaired) electrons. The molecule has 2 amide bonds.